The molecule has 0 spiro atoms. The summed E-state index contributed by atoms with van der Waals surface area (Å²) in [6.07, 6.45) is 4.92. The molecule has 1 aliphatic heterocycles. The highest BCUT2D eigenvalue weighted by atomic mass is 15.2. The molecule has 1 heteroatoms. The third-order valence-electron chi connectivity index (χ3n) is 2.09. The van der Waals surface area contributed by atoms with Crippen LogP contribution in [0.5, 0.6) is 0 Å². The quantitative estimate of drug-likeness (QED) is 0.541. The number of rotatable bonds is 3. The summed E-state index contributed by atoms with van der Waals surface area (Å²) in [5, 5.41) is 0. The lowest BCUT2D eigenvalue weighted by Gasteiger charge is -2.33. The number of allylic oxidation sites excluding steroid dienone is 1. The molecule has 1 nitrogen and oxygen atoms in total. The van der Waals surface area contributed by atoms with Crippen molar-refractivity contribution in [2.75, 3.05) is 19.6 Å². The van der Waals surface area contributed by atoms with Crippen LogP contribution < -0.4 is 0 Å². The van der Waals surface area contributed by atoms with Gasteiger partial charge in [-0.25, -0.2) is 0 Å². The van der Waals surface area contributed by atoms with E-state index >= 15 is 0 Å². The van der Waals surface area contributed by atoms with Gasteiger partial charge in [0, 0.05) is 13.1 Å². The smallest absolute Gasteiger partial charge is 0.0208 e. The highest BCUT2D eigenvalue weighted by Crippen LogP contribution is 2.13. The molecule has 1 heterocycles. The maximum atomic E-state index is 2.50. The van der Waals surface area contributed by atoms with Crippen molar-refractivity contribution in [1.29, 1.82) is 0 Å². The van der Waals surface area contributed by atoms with Crippen LogP contribution in [0.3, 0.4) is 0 Å². The van der Waals surface area contributed by atoms with E-state index in [-0.39, 0.29) is 0 Å². The normalized spacial score (nSPS) is 18.8. The van der Waals surface area contributed by atoms with Crippen molar-refractivity contribution >= 4 is 0 Å². The lowest BCUT2D eigenvalue weighted by Crippen LogP contribution is -2.40. The van der Waals surface area contributed by atoms with Crippen molar-refractivity contribution in [2.45, 2.75) is 26.7 Å². The molecule has 1 rings (SSSR count). The second-order valence-corrected chi connectivity index (χ2v) is 3.01. The molecule has 0 aromatic rings. The molecule has 1 saturated heterocycles. The molecule has 1 fully saturated rings. The Morgan fingerprint density at radius 1 is 1.50 bits per heavy atom. The highest BCUT2D eigenvalue weighted by molar-refractivity contribution is 5.13. The van der Waals surface area contributed by atoms with Gasteiger partial charge in [0.05, 0.1) is 0 Å². The van der Waals surface area contributed by atoms with Crippen LogP contribution in [0, 0.1) is 0 Å². The van der Waals surface area contributed by atoms with Crippen LogP contribution in [0.1, 0.15) is 26.7 Å². The number of likely N-dealkylation sites (tertiary alicyclic amines) is 1. The molecule has 0 N–H and O–H groups in total. The third-order valence-corrected chi connectivity index (χ3v) is 2.09. The molecule has 0 amide bonds. The Labute approximate surface area is 63.7 Å². The molecule has 0 atom stereocenters. The summed E-state index contributed by atoms with van der Waals surface area (Å²) in [7, 11) is 0. The fourth-order valence-electron chi connectivity index (χ4n) is 1.25. The SMILES string of the molecule is CC=C1CN(CCCC)C1. The van der Waals surface area contributed by atoms with E-state index in [1.807, 2.05) is 0 Å². The van der Waals surface area contributed by atoms with Gasteiger partial charge in [-0.1, -0.05) is 19.4 Å². The molecule has 0 aromatic heterocycles. The summed E-state index contributed by atoms with van der Waals surface area (Å²) < 4.78 is 0. The van der Waals surface area contributed by atoms with Crippen LogP contribution >= 0.6 is 0 Å². The van der Waals surface area contributed by atoms with Gasteiger partial charge in [-0.2, -0.15) is 0 Å². The van der Waals surface area contributed by atoms with Crippen molar-refractivity contribution in [1.82, 2.24) is 4.90 Å². The molecule has 0 aliphatic carbocycles. The molecule has 10 heavy (non-hydrogen) atoms. The van der Waals surface area contributed by atoms with Crippen molar-refractivity contribution in [2.24, 2.45) is 0 Å². The lowest BCUT2D eigenvalue weighted by molar-refractivity contribution is 0.246. The second kappa shape index (κ2) is 3.77. The zero-order valence-electron chi connectivity index (χ0n) is 7.06. The number of nitrogens with zero attached hydrogens (tertiary/aromatic N) is 1. The minimum atomic E-state index is 1.23. The van der Waals surface area contributed by atoms with Crippen LogP contribution in [-0.4, -0.2) is 24.5 Å². The maximum absolute atomic E-state index is 2.50. The molecule has 0 aromatic carbocycles. The standard InChI is InChI=1S/C9H17N/c1-3-5-6-10-7-9(4-2)8-10/h4H,3,5-8H2,1-2H3. The predicted molar refractivity (Wildman–Crippen MR) is 45.1 cm³/mol. The van der Waals surface area contributed by atoms with Gasteiger partial charge in [-0.3, -0.25) is 4.90 Å². The van der Waals surface area contributed by atoms with E-state index in [0.29, 0.717) is 0 Å². The summed E-state index contributed by atoms with van der Waals surface area (Å²) in [4.78, 5) is 2.50. The first-order chi connectivity index (χ1) is 4.86. The third kappa shape index (κ3) is 1.84. The van der Waals surface area contributed by atoms with Gasteiger partial charge < -0.3 is 0 Å². The first-order valence-corrected chi connectivity index (χ1v) is 4.23. The average Bonchev–Trinajstić information content (AvgIpc) is 1.86. The molecule has 0 radical (unpaired) electrons. The summed E-state index contributed by atoms with van der Waals surface area (Å²) in [6.45, 7) is 8.14. The van der Waals surface area contributed by atoms with Crippen LogP contribution in [0.25, 0.3) is 0 Å². The monoisotopic (exact) mass is 139 g/mol. The van der Waals surface area contributed by atoms with Gasteiger partial charge in [-0.15, -0.1) is 0 Å². The van der Waals surface area contributed by atoms with E-state index in [2.05, 4.69) is 24.8 Å². The zero-order valence-corrected chi connectivity index (χ0v) is 7.06. The Balaban J connectivity index is 2.03. The topological polar surface area (TPSA) is 3.24 Å². The zero-order chi connectivity index (χ0) is 7.40. The Morgan fingerprint density at radius 2 is 2.20 bits per heavy atom. The van der Waals surface area contributed by atoms with E-state index in [4.69, 9.17) is 0 Å². The van der Waals surface area contributed by atoms with Gasteiger partial charge in [0.2, 0.25) is 0 Å². The van der Waals surface area contributed by atoms with Crippen LogP contribution in [0.15, 0.2) is 11.6 Å². The summed E-state index contributed by atoms with van der Waals surface area (Å²) in [6, 6.07) is 0. The Kier molecular flexibility index (Phi) is 2.94. The fourth-order valence-corrected chi connectivity index (χ4v) is 1.25. The van der Waals surface area contributed by atoms with Crippen LogP contribution in [0.4, 0.5) is 0 Å². The fraction of sp³-hybridized carbons (Fsp3) is 0.778. The summed E-state index contributed by atoms with van der Waals surface area (Å²) in [5.74, 6) is 0. The molecule has 0 unspecified atom stereocenters. The van der Waals surface area contributed by atoms with Crippen molar-refractivity contribution in [3.8, 4) is 0 Å². The Hall–Kier alpha value is -0.300. The van der Waals surface area contributed by atoms with E-state index < -0.39 is 0 Å². The van der Waals surface area contributed by atoms with Gasteiger partial charge in [0.15, 0.2) is 0 Å². The minimum absolute atomic E-state index is 1.23. The van der Waals surface area contributed by atoms with E-state index in [1.165, 1.54) is 32.5 Å². The maximum Gasteiger partial charge on any atom is 0.0208 e. The van der Waals surface area contributed by atoms with Gasteiger partial charge in [-0.05, 0) is 25.5 Å². The first kappa shape index (κ1) is 7.80. The largest absolute Gasteiger partial charge is 0.295 e. The van der Waals surface area contributed by atoms with E-state index in [1.54, 1.807) is 5.57 Å². The molecule has 58 valence electrons. The lowest BCUT2D eigenvalue weighted by atomic mass is 10.1. The highest BCUT2D eigenvalue weighted by Gasteiger charge is 2.17. The number of unbranched alkanes of at least 4 members (excludes halogenated alkanes) is 1. The van der Waals surface area contributed by atoms with Crippen molar-refractivity contribution in [3.05, 3.63) is 11.6 Å². The van der Waals surface area contributed by atoms with Crippen molar-refractivity contribution in [3.63, 3.8) is 0 Å². The molecular weight excluding hydrogens is 122 g/mol. The van der Waals surface area contributed by atoms with Crippen LogP contribution in [0.2, 0.25) is 0 Å². The molecule has 0 saturated carbocycles. The van der Waals surface area contributed by atoms with E-state index in [9.17, 15) is 0 Å². The number of hydrogen-bond donors (Lipinski definition) is 0. The predicted octanol–water partition coefficient (Wildman–Crippen LogP) is 2.05. The average molecular weight is 139 g/mol. The van der Waals surface area contributed by atoms with Gasteiger partial charge in [0.1, 0.15) is 0 Å². The molecular formula is C9H17N. The minimum Gasteiger partial charge on any atom is -0.295 e. The molecule has 0 bridgehead atoms. The summed E-state index contributed by atoms with van der Waals surface area (Å²) in [5.41, 5.74) is 1.61. The van der Waals surface area contributed by atoms with Gasteiger partial charge in [0.25, 0.3) is 0 Å². The Bertz CT molecular complexity index is 119. The van der Waals surface area contributed by atoms with Gasteiger partial charge >= 0.3 is 0 Å². The molecule has 1 aliphatic rings. The van der Waals surface area contributed by atoms with Crippen LogP contribution in [-0.2, 0) is 0 Å². The Morgan fingerprint density at radius 3 is 2.70 bits per heavy atom. The van der Waals surface area contributed by atoms with E-state index in [0.717, 1.165) is 0 Å². The summed E-state index contributed by atoms with van der Waals surface area (Å²) >= 11 is 0. The first-order valence-electron chi connectivity index (χ1n) is 4.23. The van der Waals surface area contributed by atoms with Crippen molar-refractivity contribution < 1.29 is 0 Å². The second-order valence-electron chi connectivity index (χ2n) is 3.01. The number of hydrogen-bond acceptors (Lipinski definition) is 1.